The van der Waals surface area contributed by atoms with Gasteiger partial charge in [0.15, 0.2) is 0 Å². The van der Waals surface area contributed by atoms with Gasteiger partial charge in [0.2, 0.25) is 0 Å². The predicted octanol–water partition coefficient (Wildman–Crippen LogP) is 4.73. The summed E-state index contributed by atoms with van der Waals surface area (Å²) in [6.45, 7) is 2.90. The van der Waals surface area contributed by atoms with E-state index in [9.17, 15) is 0 Å². The van der Waals surface area contributed by atoms with Gasteiger partial charge in [-0.25, -0.2) is 0 Å². The van der Waals surface area contributed by atoms with Crippen molar-refractivity contribution in [1.82, 2.24) is 4.90 Å². The van der Waals surface area contributed by atoms with Crippen LogP contribution in [0.5, 0.6) is 0 Å². The first-order valence-electron chi connectivity index (χ1n) is 6.94. The molecule has 2 unspecified atom stereocenters. The molecule has 0 heterocycles. The minimum Gasteiger partial charge on any atom is -0.326 e. The van der Waals surface area contributed by atoms with Crippen LogP contribution in [0.15, 0.2) is 57.5 Å². The summed E-state index contributed by atoms with van der Waals surface area (Å²) >= 11 is 7.26. The normalized spacial score (nSPS) is 14.2. The Balaban J connectivity index is 2.27. The zero-order chi connectivity index (χ0) is 15.4. The van der Waals surface area contributed by atoms with E-state index in [1.54, 1.807) is 0 Å². The fraction of sp³-hybridized carbons (Fsp3) is 0.294. The molecule has 0 saturated carbocycles. The highest BCUT2D eigenvalue weighted by Crippen LogP contribution is 2.30. The number of nitrogens with two attached hydrogens (primary N) is 1. The molecule has 112 valence electrons. The van der Waals surface area contributed by atoms with E-state index in [4.69, 9.17) is 5.73 Å². The van der Waals surface area contributed by atoms with Gasteiger partial charge in [0.25, 0.3) is 0 Å². The Morgan fingerprint density at radius 1 is 1.00 bits per heavy atom. The SMILES string of the molecule is CC(N)C(c1ccccc1Br)N(C)Cc1ccccc1Br. The molecule has 0 saturated heterocycles. The fourth-order valence-electron chi connectivity index (χ4n) is 2.63. The van der Waals surface area contributed by atoms with E-state index >= 15 is 0 Å². The van der Waals surface area contributed by atoms with Gasteiger partial charge in [-0.05, 0) is 37.2 Å². The molecule has 21 heavy (non-hydrogen) atoms. The molecule has 0 aliphatic heterocycles. The molecule has 0 amide bonds. The number of nitrogens with zero attached hydrogens (tertiary/aromatic N) is 1. The smallest absolute Gasteiger partial charge is 0.0508 e. The summed E-state index contributed by atoms with van der Waals surface area (Å²) in [6.07, 6.45) is 0. The van der Waals surface area contributed by atoms with Crippen molar-refractivity contribution in [3.8, 4) is 0 Å². The molecule has 2 atom stereocenters. The van der Waals surface area contributed by atoms with E-state index in [0.717, 1.165) is 15.5 Å². The highest BCUT2D eigenvalue weighted by atomic mass is 79.9. The number of hydrogen-bond acceptors (Lipinski definition) is 2. The first-order valence-corrected chi connectivity index (χ1v) is 8.53. The van der Waals surface area contributed by atoms with Gasteiger partial charge in [-0.2, -0.15) is 0 Å². The van der Waals surface area contributed by atoms with E-state index in [1.807, 2.05) is 12.1 Å². The van der Waals surface area contributed by atoms with Crippen LogP contribution in [0, 0.1) is 0 Å². The fourth-order valence-corrected chi connectivity index (χ4v) is 3.56. The van der Waals surface area contributed by atoms with Crippen molar-refractivity contribution in [3.05, 3.63) is 68.6 Å². The minimum atomic E-state index is 0.0381. The lowest BCUT2D eigenvalue weighted by atomic mass is 9.99. The van der Waals surface area contributed by atoms with E-state index in [0.29, 0.717) is 0 Å². The molecule has 0 aromatic heterocycles. The van der Waals surface area contributed by atoms with Crippen LogP contribution in [-0.2, 0) is 6.54 Å². The number of halogens is 2. The first kappa shape index (κ1) is 16.7. The molecule has 4 heteroatoms. The van der Waals surface area contributed by atoms with Gasteiger partial charge in [0.05, 0.1) is 6.04 Å². The maximum atomic E-state index is 6.26. The molecule has 0 aliphatic rings. The van der Waals surface area contributed by atoms with Gasteiger partial charge in [0, 0.05) is 21.5 Å². The van der Waals surface area contributed by atoms with Crippen LogP contribution in [0.25, 0.3) is 0 Å². The monoisotopic (exact) mass is 410 g/mol. The standard InChI is InChI=1S/C17H20Br2N2/c1-12(20)17(14-8-4-6-10-16(14)19)21(2)11-13-7-3-5-9-15(13)18/h3-10,12,17H,11,20H2,1-2H3. The zero-order valence-corrected chi connectivity index (χ0v) is 15.4. The van der Waals surface area contributed by atoms with Crippen molar-refractivity contribution in [3.63, 3.8) is 0 Å². The molecule has 2 aromatic carbocycles. The van der Waals surface area contributed by atoms with Gasteiger partial charge >= 0.3 is 0 Å². The van der Waals surface area contributed by atoms with E-state index < -0.39 is 0 Å². The van der Waals surface area contributed by atoms with Crippen LogP contribution >= 0.6 is 31.9 Å². The summed E-state index contributed by atoms with van der Waals surface area (Å²) in [7, 11) is 2.12. The van der Waals surface area contributed by atoms with Crippen molar-refractivity contribution < 1.29 is 0 Å². The van der Waals surface area contributed by atoms with Gasteiger partial charge in [-0.15, -0.1) is 0 Å². The first-order chi connectivity index (χ1) is 10.0. The van der Waals surface area contributed by atoms with Gasteiger partial charge < -0.3 is 5.73 Å². The lowest BCUT2D eigenvalue weighted by Gasteiger charge is -2.32. The second-order valence-electron chi connectivity index (χ2n) is 5.33. The number of benzene rings is 2. The van der Waals surface area contributed by atoms with Crippen molar-refractivity contribution in [2.45, 2.75) is 25.6 Å². The molecular formula is C17H20Br2N2. The summed E-state index contributed by atoms with van der Waals surface area (Å²) in [5.41, 5.74) is 8.74. The molecule has 0 aliphatic carbocycles. The van der Waals surface area contributed by atoms with Crippen molar-refractivity contribution >= 4 is 31.9 Å². The van der Waals surface area contributed by atoms with Gasteiger partial charge in [-0.1, -0.05) is 68.3 Å². The summed E-state index contributed by atoms with van der Waals surface area (Å²) < 4.78 is 2.23. The molecule has 2 nitrogen and oxygen atoms in total. The summed E-state index contributed by atoms with van der Waals surface area (Å²) in [5, 5.41) is 0. The molecule has 0 radical (unpaired) electrons. The molecule has 2 N–H and O–H groups in total. The molecule has 2 aromatic rings. The Hall–Kier alpha value is -0.680. The van der Waals surface area contributed by atoms with E-state index in [2.05, 4.69) is 87.1 Å². The van der Waals surface area contributed by atoms with Crippen LogP contribution in [0.1, 0.15) is 24.1 Å². The Morgan fingerprint density at radius 3 is 2.14 bits per heavy atom. The largest absolute Gasteiger partial charge is 0.326 e. The summed E-state index contributed by atoms with van der Waals surface area (Å²) in [5.74, 6) is 0. The third kappa shape index (κ3) is 4.16. The lowest BCUT2D eigenvalue weighted by molar-refractivity contribution is 0.210. The molecule has 2 rings (SSSR count). The van der Waals surface area contributed by atoms with Crippen LogP contribution < -0.4 is 5.73 Å². The number of likely N-dealkylation sites (N-methyl/N-ethyl adjacent to an activating group) is 1. The van der Waals surface area contributed by atoms with E-state index in [-0.39, 0.29) is 12.1 Å². The minimum absolute atomic E-state index is 0.0381. The summed E-state index contributed by atoms with van der Waals surface area (Å²) in [4.78, 5) is 2.30. The maximum Gasteiger partial charge on any atom is 0.0508 e. The molecule has 0 bridgehead atoms. The highest BCUT2D eigenvalue weighted by molar-refractivity contribution is 9.10. The lowest BCUT2D eigenvalue weighted by Crippen LogP contribution is -2.37. The number of hydrogen-bond donors (Lipinski definition) is 1. The highest BCUT2D eigenvalue weighted by Gasteiger charge is 2.23. The molecule has 0 fully saturated rings. The van der Waals surface area contributed by atoms with Crippen LogP contribution in [0.4, 0.5) is 0 Å². The van der Waals surface area contributed by atoms with Gasteiger partial charge in [-0.3, -0.25) is 4.90 Å². The number of rotatable bonds is 5. The maximum absolute atomic E-state index is 6.26. The molecular weight excluding hydrogens is 392 g/mol. The predicted molar refractivity (Wildman–Crippen MR) is 96.1 cm³/mol. The van der Waals surface area contributed by atoms with Crippen LogP contribution in [0.2, 0.25) is 0 Å². The Labute approximate surface area is 143 Å². The Kier molecular flexibility index (Phi) is 5.99. The second kappa shape index (κ2) is 7.54. The van der Waals surface area contributed by atoms with E-state index in [1.165, 1.54) is 11.1 Å². The van der Waals surface area contributed by atoms with Gasteiger partial charge in [0.1, 0.15) is 0 Å². The average molecular weight is 412 g/mol. The average Bonchev–Trinajstić information content (AvgIpc) is 2.43. The van der Waals surface area contributed by atoms with Crippen molar-refractivity contribution in [2.24, 2.45) is 5.73 Å². The zero-order valence-electron chi connectivity index (χ0n) is 12.3. The Bertz CT molecular complexity index is 599. The third-order valence-electron chi connectivity index (χ3n) is 3.57. The topological polar surface area (TPSA) is 29.3 Å². The van der Waals surface area contributed by atoms with Crippen molar-refractivity contribution in [2.75, 3.05) is 7.05 Å². The van der Waals surface area contributed by atoms with Crippen molar-refractivity contribution in [1.29, 1.82) is 0 Å². The second-order valence-corrected chi connectivity index (χ2v) is 7.04. The van der Waals surface area contributed by atoms with Crippen LogP contribution in [-0.4, -0.2) is 18.0 Å². The molecule has 0 spiro atoms. The quantitative estimate of drug-likeness (QED) is 0.770. The Morgan fingerprint density at radius 2 is 1.57 bits per heavy atom. The third-order valence-corrected chi connectivity index (χ3v) is 5.07. The summed E-state index contributed by atoms with van der Waals surface area (Å²) in [6, 6.07) is 16.8. The van der Waals surface area contributed by atoms with Crippen LogP contribution in [0.3, 0.4) is 0 Å².